The lowest BCUT2D eigenvalue weighted by Crippen LogP contribution is -2.18. The van der Waals surface area contributed by atoms with E-state index in [2.05, 4.69) is 28.7 Å². The molecule has 4 rings (SSSR count). The highest BCUT2D eigenvalue weighted by molar-refractivity contribution is 6.18. The van der Waals surface area contributed by atoms with Crippen molar-refractivity contribution in [1.82, 2.24) is 5.43 Å². The molecule has 5 nitrogen and oxygen atoms in total. The highest BCUT2D eigenvalue weighted by atomic mass is 16.5. The molecule has 1 aliphatic heterocycles. The summed E-state index contributed by atoms with van der Waals surface area (Å²) in [6, 6.07) is 21.9. The van der Waals surface area contributed by atoms with E-state index in [0.29, 0.717) is 17.2 Å². The molecule has 0 saturated heterocycles. The number of rotatable bonds is 4. The standard InChI is InChI=1S/C23H20N2O3/c1-27-20-12-16-13-22(26)24-25-23(19(16)14-21(20)28-2)18-11-7-6-10-17(18)15-8-4-3-5-9-15/h3-12,14H,13H2,1-2H3,(H,24,26). The van der Waals surface area contributed by atoms with Gasteiger partial charge in [-0.05, 0) is 28.8 Å². The third kappa shape index (κ3) is 3.22. The lowest BCUT2D eigenvalue weighted by Gasteiger charge is -2.16. The molecule has 0 aliphatic carbocycles. The van der Waals surface area contributed by atoms with E-state index in [1.807, 2.05) is 48.5 Å². The highest BCUT2D eigenvalue weighted by Crippen LogP contribution is 2.34. The maximum atomic E-state index is 12.2. The number of carbonyl (C=O) groups is 1. The lowest BCUT2D eigenvalue weighted by molar-refractivity contribution is -0.120. The number of nitrogens with zero attached hydrogens (tertiary/aromatic N) is 1. The Morgan fingerprint density at radius 2 is 1.46 bits per heavy atom. The van der Waals surface area contributed by atoms with Gasteiger partial charge in [-0.1, -0.05) is 54.6 Å². The topological polar surface area (TPSA) is 59.9 Å². The Balaban J connectivity index is 1.94. The predicted octanol–water partition coefficient (Wildman–Crippen LogP) is 3.80. The number of benzene rings is 3. The molecule has 0 atom stereocenters. The van der Waals surface area contributed by atoms with Crippen LogP contribution in [0.25, 0.3) is 11.1 Å². The number of carbonyl (C=O) groups excluding carboxylic acids is 1. The Labute approximate surface area is 163 Å². The average molecular weight is 372 g/mol. The zero-order chi connectivity index (χ0) is 19.5. The molecule has 28 heavy (non-hydrogen) atoms. The third-order valence-corrected chi connectivity index (χ3v) is 4.77. The van der Waals surface area contributed by atoms with Gasteiger partial charge >= 0.3 is 0 Å². The van der Waals surface area contributed by atoms with Crippen LogP contribution in [0, 0.1) is 0 Å². The van der Waals surface area contributed by atoms with Crippen molar-refractivity contribution in [2.45, 2.75) is 6.42 Å². The van der Waals surface area contributed by atoms with E-state index in [1.165, 1.54) is 0 Å². The third-order valence-electron chi connectivity index (χ3n) is 4.77. The zero-order valence-corrected chi connectivity index (χ0v) is 15.7. The molecule has 0 saturated carbocycles. The fourth-order valence-electron chi connectivity index (χ4n) is 3.44. The Morgan fingerprint density at radius 1 is 0.821 bits per heavy atom. The molecule has 140 valence electrons. The fourth-order valence-corrected chi connectivity index (χ4v) is 3.44. The minimum absolute atomic E-state index is 0.166. The Kier molecular flexibility index (Phi) is 4.81. The first-order valence-electron chi connectivity index (χ1n) is 8.98. The number of methoxy groups -OCH3 is 2. The summed E-state index contributed by atoms with van der Waals surface area (Å²) in [5.74, 6) is 1.02. The molecule has 5 heteroatoms. The van der Waals surface area contributed by atoms with Crippen molar-refractivity contribution in [3.8, 4) is 22.6 Å². The van der Waals surface area contributed by atoms with Crippen molar-refractivity contribution in [3.05, 3.63) is 83.4 Å². The van der Waals surface area contributed by atoms with Crippen molar-refractivity contribution in [2.75, 3.05) is 14.2 Å². The van der Waals surface area contributed by atoms with E-state index in [0.717, 1.165) is 27.8 Å². The molecular formula is C23H20N2O3. The van der Waals surface area contributed by atoms with E-state index in [1.54, 1.807) is 14.2 Å². The van der Waals surface area contributed by atoms with Gasteiger partial charge in [0.1, 0.15) is 0 Å². The van der Waals surface area contributed by atoms with E-state index in [9.17, 15) is 4.79 Å². The van der Waals surface area contributed by atoms with Gasteiger partial charge in [-0.25, -0.2) is 5.43 Å². The summed E-state index contributed by atoms with van der Waals surface area (Å²) < 4.78 is 10.9. The van der Waals surface area contributed by atoms with Gasteiger partial charge in [0.05, 0.1) is 26.4 Å². The SMILES string of the molecule is COc1cc2c(cc1OC)C(c1ccccc1-c1ccccc1)=NNC(=O)C2. The minimum Gasteiger partial charge on any atom is -0.493 e. The summed E-state index contributed by atoms with van der Waals surface area (Å²) >= 11 is 0. The van der Waals surface area contributed by atoms with Crippen LogP contribution in [0.4, 0.5) is 0 Å². The van der Waals surface area contributed by atoms with E-state index in [-0.39, 0.29) is 12.3 Å². The molecule has 0 unspecified atom stereocenters. The van der Waals surface area contributed by atoms with Crippen LogP contribution in [-0.2, 0) is 11.2 Å². The van der Waals surface area contributed by atoms with Gasteiger partial charge in [-0.3, -0.25) is 4.79 Å². The number of nitrogens with one attached hydrogen (secondary N) is 1. The van der Waals surface area contributed by atoms with Crippen molar-refractivity contribution < 1.29 is 14.3 Å². The van der Waals surface area contributed by atoms with Crippen LogP contribution in [-0.4, -0.2) is 25.8 Å². The molecular weight excluding hydrogens is 352 g/mol. The molecule has 1 heterocycles. The molecule has 1 N–H and O–H groups in total. The number of amides is 1. The van der Waals surface area contributed by atoms with Gasteiger partial charge in [0, 0.05) is 11.1 Å². The second kappa shape index (κ2) is 7.56. The summed E-state index contributed by atoms with van der Waals surface area (Å²) in [7, 11) is 3.18. The van der Waals surface area contributed by atoms with Crippen LogP contribution >= 0.6 is 0 Å². The van der Waals surface area contributed by atoms with Crippen molar-refractivity contribution >= 4 is 11.6 Å². The molecule has 0 bridgehead atoms. The first-order chi connectivity index (χ1) is 13.7. The maximum Gasteiger partial charge on any atom is 0.244 e. The van der Waals surface area contributed by atoms with Gasteiger partial charge in [-0.15, -0.1) is 0 Å². The molecule has 0 fully saturated rings. The molecule has 3 aromatic rings. The normalized spacial score (nSPS) is 13.1. The molecule has 0 radical (unpaired) electrons. The van der Waals surface area contributed by atoms with Crippen LogP contribution in [0.2, 0.25) is 0 Å². The van der Waals surface area contributed by atoms with Crippen LogP contribution in [0.5, 0.6) is 11.5 Å². The van der Waals surface area contributed by atoms with Crippen LogP contribution in [0.3, 0.4) is 0 Å². The first-order valence-corrected chi connectivity index (χ1v) is 8.98. The number of fused-ring (bicyclic) bond motifs is 1. The van der Waals surface area contributed by atoms with E-state index in [4.69, 9.17) is 9.47 Å². The van der Waals surface area contributed by atoms with Crippen LogP contribution < -0.4 is 14.9 Å². The first kappa shape index (κ1) is 17.8. The molecule has 3 aromatic carbocycles. The Morgan fingerprint density at radius 3 is 2.18 bits per heavy atom. The summed E-state index contributed by atoms with van der Waals surface area (Å²) in [6.07, 6.45) is 0.218. The van der Waals surface area contributed by atoms with Gasteiger partial charge < -0.3 is 9.47 Å². The van der Waals surface area contributed by atoms with Crippen molar-refractivity contribution in [3.63, 3.8) is 0 Å². The lowest BCUT2D eigenvalue weighted by atomic mass is 9.90. The van der Waals surface area contributed by atoms with Gasteiger partial charge in [0.25, 0.3) is 0 Å². The maximum absolute atomic E-state index is 12.2. The largest absolute Gasteiger partial charge is 0.493 e. The van der Waals surface area contributed by atoms with Crippen LogP contribution in [0.15, 0.2) is 71.8 Å². The average Bonchev–Trinajstić information content (AvgIpc) is 2.91. The highest BCUT2D eigenvalue weighted by Gasteiger charge is 2.23. The zero-order valence-electron chi connectivity index (χ0n) is 15.7. The number of hydrazone groups is 1. The molecule has 1 aliphatic rings. The number of hydrogen-bond donors (Lipinski definition) is 1. The summed E-state index contributed by atoms with van der Waals surface area (Å²) in [5.41, 5.74) is 8.10. The predicted molar refractivity (Wildman–Crippen MR) is 109 cm³/mol. The van der Waals surface area contributed by atoms with E-state index < -0.39 is 0 Å². The molecule has 1 amide bonds. The second-order valence-electron chi connectivity index (χ2n) is 6.45. The van der Waals surface area contributed by atoms with Gasteiger partial charge in [0.15, 0.2) is 11.5 Å². The smallest absolute Gasteiger partial charge is 0.244 e. The summed E-state index contributed by atoms with van der Waals surface area (Å²) in [6.45, 7) is 0. The summed E-state index contributed by atoms with van der Waals surface area (Å²) in [4.78, 5) is 12.2. The number of ether oxygens (including phenoxy) is 2. The fraction of sp³-hybridized carbons (Fsp3) is 0.130. The second-order valence-corrected chi connectivity index (χ2v) is 6.45. The summed E-state index contributed by atoms with van der Waals surface area (Å²) in [5, 5.41) is 4.45. The quantitative estimate of drug-likeness (QED) is 0.758. The Bertz CT molecular complexity index is 1060. The number of hydrogen-bond acceptors (Lipinski definition) is 4. The molecule has 0 spiro atoms. The van der Waals surface area contributed by atoms with Crippen molar-refractivity contribution in [1.29, 1.82) is 0 Å². The van der Waals surface area contributed by atoms with Crippen molar-refractivity contribution in [2.24, 2.45) is 5.10 Å². The van der Waals surface area contributed by atoms with E-state index >= 15 is 0 Å². The van der Waals surface area contributed by atoms with Gasteiger partial charge in [0.2, 0.25) is 5.91 Å². The van der Waals surface area contributed by atoms with Gasteiger partial charge in [-0.2, -0.15) is 5.10 Å². The molecule has 0 aromatic heterocycles. The minimum atomic E-state index is -0.166. The van der Waals surface area contributed by atoms with Crippen LogP contribution in [0.1, 0.15) is 16.7 Å². The Hall–Kier alpha value is -3.60. The monoisotopic (exact) mass is 372 g/mol.